The molecule has 0 bridgehead atoms. The first-order valence-electron chi connectivity index (χ1n) is 7.97. The van der Waals surface area contributed by atoms with E-state index in [0.29, 0.717) is 0 Å². The van der Waals surface area contributed by atoms with Gasteiger partial charge in [0.15, 0.2) is 0 Å². The molecule has 1 atom stereocenters. The van der Waals surface area contributed by atoms with Gasteiger partial charge in [0.05, 0.1) is 17.4 Å². The summed E-state index contributed by atoms with van der Waals surface area (Å²) in [5.41, 5.74) is 5.82. The summed E-state index contributed by atoms with van der Waals surface area (Å²) in [5, 5.41) is 14.2. The topological polar surface area (TPSA) is 125 Å². The Morgan fingerprint density at radius 2 is 1.92 bits per heavy atom. The van der Waals surface area contributed by atoms with Gasteiger partial charge in [-0.1, -0.05) is 30.3 Å². The third kappa shape index (κ3) is 4.56. The molecule has 8 nitrogen and oxygen atoms in total. The molecular weight excluding hydrogens is 338 g/mol. The van der Waals surface area contributed by atoms with Gasteiger partial charge >= 0.3 is 5.97 Å². The fourth-order valence-electron chi connectivity index (χ4n) is 2.46. The maximum absolute atomic E-state index is 12.3. The lowest BCUT2D eigenvalue weighted by molar-refractivity contribution is -0.384. The molecule has 0 fully saturated rings. The molecule has 0 aliphatic rings. The van der Waals surface area contributed by atoms with E-state index in [1.54, 1.807) is 31.2 Å². The average molecular weight is 357 g/mol. The van der Waals surface area contributed by atoms with Crippen molar-refractivity contribution >= 4 is 23.3 Å². The molecule has 1 unspecified atom stereocenters. The van der Waals surface area contributed by atoms with E-state index in [1.807, 2.05) is 6.07 Å². The molecule has 0 aliphatic heterocycles. The zero-order valence-electron chi connectivity index (χ0n) is 14.2. The predicted molar refractivity (Wildman–Crippen MR) is 95.9 cm³/mol. The first kappa shape index (κ1) is 18.9. The minimum atomic E-state index is -0.756. The van der Waals surface area contributed by atoms with Gasteiger partial charge in [-0.05, 0) is 24.6 Å². The van der Waals surface area contributed by atoms with Crippen molar-refractivity contribution in [2.24, 2.45) is 5.73 Å². The van der Waals surface area contributed by atoms with Crippen LogP contribution in [0.4, 0.5) is 11.4 Å². The number of nitrogens with one attached hydrogen (secondary N) is 1. The fourth-order valence-corrected chi connectivity index (χ4v) is 2.46. The number of carbonyl (C=O) groups is 2. The Balaban J connectivity index is 2.27. The van der Waals surface area contributed by atoms with Gasteiger partial charge in [-0.15, -0.1) is 0 Å². The van der Waals surface area contributed by atoms with E-state index < -0.39 is 22.7 Å². The van der Waals surface area contributed by atoms with Crippen LogP contribution in [0.5, 0.6) is 0 Å². The second kappa shape index (κ2) is 8.61. The first-order chi connectivity index (χ1) is 12.4. The Bertz CT molecular complexity index is 808. The second-order valence-corrected chi connectivity index (χ2v) is 5.45. The Morgan fingerprint density at radius 3 is 2.50 bits per heavy atom. The van der Waals surface area contributed by atoms with Gasteiger partial charge in [0, 0.05) is 18.2 Å². The van der Waals surface area contributed by atoms with Crippen molar-refractivity contribution in [1.82, 2.24) is 0 Å². The number of primary amides is 1. The Hall–Kier alpha value is -3.42. The normalized spacial score (nSPS) is 11.4. The smallest absolute Gasteiger partial charge is 0.315 e. The SMILES string of the molecule is CCOC(=O)C(CNc1ccc(C(N)=O)cc1[N+](=O)[O-])c1ccccc1. The van der Waals surface area contributed by atoms with Crippen LogP contribution in [0.2, 0.25) is 0 Å². The lowest BCUT2D eigenvalue weighted by Gasteiger charge is -2.17. The first-order valence-corrected chi connectivity index (χ1v) is 7.97. The average Bonchev–Trinajstić information content (AvgIpc) is 2.62. The van der Waals surface area contributed by atoms with Crippen molar-refractivity contribution < 1.29 is 19.2 Å². The predicted octanol–water partition coefficient (Wildman–Crippen LogP) is 2.45. The molecule has 0 spiro atoms. The van der Waals surface area contributed by atoms with E-state index in [-0.39, 0.29) is 30.1 Å². The molecule has 0 aliphatic carbocycles. The van der Waals surface area contributed by atoms with Crippen LogP contribution in [0.15, 0.2) is 48.5 Å². The van der Waals surface area contributed by atoms with Crippen LogP contribution in [0.25, 0.3) is 0 Å². The van der Waals surface area contributed by atoms with Crippen molar-refractivity contribution in [1.29, 1.82) is 0 Å². The summed E-state index contributed by atoms with van der Waals surface area (Å²) in [5.74, 6) is -1.82. The lowest BCUT2D eigenvalue weighted by atomic mass is 9.99. The van der Waals surface area contributed by atoms with Gasteiger partial charge in [0.1, 0.15) is 5.69 Å². The summed E-state index contributed by atoms with van der Waals surface area (Å²) in [7, 11) is 0. The van der Waals surface area contributed by atoms with E-state index in [1.165, 1.54) is 12.1 Å². The van der Waals surface area contributed by atoms with Crippen LogP contribution in [-0.2, 0) is 9.53 Å². The Kier molecular flexibility index (Phi) is 6.26. The summed E-state index contributed by atoms with van der Waals surface area (Å²) < 4.78 is 5.10. The number of nitro benzene ring substituents is 1. The van der Waals surface area contributed by atoms with Crippen LogP contribution < -0.4 is 11.1 Å². The number of nitro groups is 1. The summed E-state index contributed by atoms with van der Waals surface area (Å²) in [6, 6.07) is 12.9. The number of anilines is 1. The van der Waals surface area contributed by atoms with Crippen LogP contribution in [0.1, 0.15) is 28.8 Å². The Labute approximate surface area is 150 Å². The number of benzene rings is 2. The molecule has 26 heavy (non-hydrogen) atoms. The van der Waals surface area contributed by atoms with E-state index in [4.69, 9.17) is 10.5 Å². The lowest BCUT2D eigenvalue weighted by Crippen LogP contribution is -2.24. The quantitative estimate of drug-likeness (QED) is 0.425. The third-order valence-electron chi connectivity index (χ3n) is 3.75. The molecule has 8 heteroatoms. The van der Waals surface area contributed by atoms with Crippen LogP contribution in [0.3, 0.4) is 0 Å². The number of esters is 1. The summed E-state index contributed by atoms with van der Waals surface area (Å²) in [6.45, 7) is 2.04. The summed E-state index contributed by atoms with van der Waals surface area (Å²) in [6.07, 6.45) is 0. The van der Waals surface area contributed by atoms with Gasteiger partial charge < -0.3 is 15.8 Å². The van der Waals surface area contributed by atoms with Gasteiger partial charge in [-0.3, -0.25) is 19.7 Å². The van der Waals surface area contributed by atoms with E-state index in [2.05, 4.69) is 5.32 Å². The largest absolute Gasteiger partial charge is 0.465 e. The van der Waals surface area contributed by atoms with E-state index in [9.17, 15) is 19.7 Å². The molecule has 0 saturated carbocycles. The maximum Gasteiger partial charge on any atom is 0.315 e. The minimum absolute atomic E-state index is 0.0345. The second-order valence-electron chi connectivity index (χ2n) is 5.45. The number of carbonyl (C=O) groups excluding carboxylic acids is 2. The van der Waals surface area contributed by atoms with Gasteiger partial charge in [0.2, 0.25) is 5.91 Å². The van der Waals surface area contributed by atoms with Crippen molar-refractivity contribution in [3.05, 3.63) is 69.8 Å². The monoisotopic (exact) mass is 357 g/mol. The zero-order chi connectivity index (χ0) is 19.1. The molecule has 0 aromatic heterocycles. The van der Waals surface area contributed by atoms with Gasteiger partial charge in [0.25, 0.3) is 5.69 Å². The van der Waals surface area contributed by atoms with Gasteiger partial charge in [-0.25, -0.2) is 0 Å². The highest BCUT2D eigenvalue weighted by Crippen LogP contribution is 2.27. The highest BCUT2D eigenvalue weighted by Gasteiger charge is 2.24. The van der Waals surface area contributed by atoms with E-state index in [0.717, 1.165) is 11.6 Å². The standard InChI is InChI=1S/C18H19N3O5/c1-2-26-18(23)14(12-6-4-3-5-7-12)11-20-15-9-8-13(17(19)22)10-16(15)21(24)25/h3-10,14,20H,2,11H2,1H3,(H2,19,22). The number of amides is 1. The number of hydrogen-bond acceptors (Lipinski definition) is 6. The van der Waals surface area contributed by atoms with Crippen LogP contribution in [-0.4, -0.2) is 30.0 Å². The highest BCUT2D eigenvalue weighted by atomic mass is 16.6. The number of nitrogens with zero attached hydrogens (tertiary/aromatic N) is 1. The molecular formula is C18H19N3O5. The molecule has 2 rings (SSSR count). The third-order valence-corrected chi connectivity index (χ3v) is 3.75. The number of rotatable bonds is 8. The number of nitrogens with two attached hydrogens (primary N) is 1. The van der Waals surface area contributed by atoms with Crippen LogP contribution in [0, 0.1) is 10.1 Å². The highest BCUT2D eigenvalue weighted by molar-refractivity contribution is 5.94. The molecule has 2 aromatic carbocycles. The molecule has 0 radical (unpaired) electrons. The molecule has 1 amide bonds. The fraction of sp³-hybridized carbons (Fsp3) is 0.222. The van der Waals surface area contributed by atoms with Crippen molar-refractivity contribution in [2.75, 3.05) is 18.5 Å². The molecule has 3 N–H and O–H groups in total. The summed E-state index contributed by atoms with van der Waals surface area (Å²) >= 11 is 0. The Morgan fingerprint density at radius 1 is 1.23 bits per heavy atom. The van der Waals surface area contributed by atoms with Crippen LogP contribution >= 0.6 is 0 Å². The summed E-state index contributed by atoms with van der Waals surface area (Å²) in [4.78, 5) is 34.1. The minimum Gasteiger partial charge on any atom is -0.465 e. The van der Waals surface area contributed by atoms with Gasteiger partial charge in [-0.2, -0.15) is 0 Å². The van der Waals surface area contributed by atoms with Crippen molar-refractivity contribution in [3.63, 3.8) is 0 Å². The number of ether oxygens (including phenoxy) is 1. The zero-order valence-corrected chi connectivity index (χ0v) is 14.2. The number of hydrogen-bond donors (Lipinski definition) is 2. The van der Waals surface area contributed by atoms with E-state index >= 15 is 0 Å². The molecule has 0 saturated heterocycles. The van der Waals surface area contributed by atoms with Crippen molar-refractivity contribution in [3.8, 4) is 0 Å². The molecule has 0 heterocycles. The maximum atomic E-state index is 12.3. The van der Waals surface area contributed by atoms with Crippen molar-refractivity contribution in [2.45, 2.75) is 12.8 Å². The molecule has 136 valence electrons. The molecule has 2 aromatic rings.